The number of aliphatic carboxylic acids is 1. The topological polar surface area (TPSA) is 75.6 Å². The van der Waals surface area contributed by atoms with Crippen LogP contribution in [-0.4, -0.2) is 22.6 Å². The van der Waals surface area contributed by atoms with Crippen LogP contribution in [0.15, 0.2) is 0 Å². The molecule has 0 unspecified atom stereocenters. The van der Waals surface area contributed by atoms with Gasteiger partial charge < -0.3 is 5.11 Å². The second-order valence-corrected chi connectivity index (χ2v) is 4.38. The predicted molar refractivity (Wildman–Crippen MR) is 55.0 cm³/mol. The predicted octanol–water partition coefficient (Wildman–Crippen LogP) is 1.33. The van der Waals surface area contributed by atoms with E-state index in [1.54, 1.807) is 0 Å². The van der Waals surface area contributed by atoms with Crippen molar-refractivity contribution in [1.29, 1.82) is 0 Å². The molecule has 0 bridgehead atoms. The molecule has 0 saturated heterocycles. The molecule has 0 saturated carbocycles. The Balaban J connectivity index is 3.85. The molecule has 0 atom stereocenters. The second-order valence-electron chi connectivity index (χ2n) is 4.38. The van der Waals surface area contributed by atoms with Gasteiger partial charge in [-0.2, -0.15) is 0 Å². The van der Waals surface area contributed by atoms with Gasteiger partial charge in [0.2, 0.25) is 5.91 Å². The first-order chi connectivity index (χ1) is 6.75. The molecule has 2 N–H and O–H groups in total. The SMILES string of the molecule is CC(C)CCC(=O)NOC(C)(C)C(=O)O. The number of nitrogens with one attached hydrogen (secondary N) is 1. The van der Waals surface area contributed by atoms with Crippen LogP contribution in [0.3, 0.4) is 0 Å². The van der Waals surface area contributed by atoms with Gasteiger partial charge in [0.15, 0.2) is 5.60 Å². The number of carbonyl (C=O) groups excluding carboxylic acids is 1. The zero-order chi connectivity index (χ0) is 12.1. The van der Waals surface area contributed by atoms with E-state index in [1.807, 2.05) is 13.8 Å². The summed E-state index contributed by atoms with van der Waals surface area (Å²) in [4.78, 5) is 26.6. The Bertz CT molecular complexity index is 236. The number of hydroxylamine groups is 1. The minimum atomic E-state index is -1.40. The van der Waals surface area contributed by atoms with Crippen LogP contribution < -0.4 is 5.48 Å². The van der Waals surface area contributed by atoms with Crippen LogP contribution in [-0.2, 0) is 14.4 Å². The summed E-state index contributed by atoms with van der Waals surface area (Å²) in [5.74, 6) is -0.979. The molecule has 0 radical (unpaired) electrons. The second kappa shape index (κ2) is 5.70. The van der Waals surface area contributed by atoms with E-state index in [4.69, 9.17) is 9.94 Å². The maximum absolute atomic E-state index is 11.2. The Morgan fingerprint density at radius 2 is 1.93 bits per heavy atom. The van der Waals surface area contributed by atoms with Crippen molar-refractivity contribution in [3.8, 4) is 0 Å². The van der Waals surface area contributed by atoms with Crippen LogP contribution in [0.5, 0.6) is 0 Å². The number of carbonyl (C=O) groups is 2. The molecule has 5 nitrogen and oxygen atoms in total. The van der Waals surface area contributed by atoms with Gasteiger partial charge >= 0.3 is 5.97 Å². The summed E-state index contributed by atoms with van der Waals surface area (Å²) in [6.07, 6.45) is 1.09. The minimum absolute atomic E-state index is 0.293. The van der Waals surface area contributed by atoms with E-state index in [0.29, 0.717) is 12.3 Å². The highest BCUT2D eigenvalue weighted by molar-refractivity contribution is 5.78. The first kappa shape index (κ1) is 13.9. The molecular weight excluding hydrogens is 198 g/mol. The van der Waals surface area contributed by atoms with E-state index in [0.717, 1.165) is 6.42 Å². The molecule has 15 heavy (non-hydrogen) atoms. The van der Waals surface area contributed by atoms with Gasteiger partial charge in [0, 0.05) is 6.42 Å². The van der Waals surface area contributed by atoms with Crippen LogP contribution in [0.4, 0.5) is 0 Å². The average molecular weight is 217 g/mol. The monoisotopic (exact) mass is 217 g/mol. The molecular formula is C10H19NO4. The lowest BCUT2D eigenvalue weighted by Gasteiger charge is -2.19. The molecule has 0 spiro atoms. The van der Waals surface area contributed by atoms with Crippen molar-refractivity contribution in [3.05, 3.63) is 0 Å². The van der Waals surface area contributed by atoms with Gasteiger partial charge in [0.25, 0.3) is 0 Å². The maximum atomic E-state index is 11.2. The summed E-state index contributed by atoms with van der Waals surface area (Å²) in [5, 5.41) is 8.70. The summed E-state index contributed by atoms with van der Waals surface area (Å²) in [7, 11) is 0. The summed E-state index contributed by atoms with van der Waals surface area (Å²) in [5.41, 5.74) is 0.745. The van der Waals surface area contributed by atoms with E-state index in [1.165, 1.54) is 13.8 Å². The fourth-order valence-corrected chi connectivity index (χ4v) is 0.699. The summed E-state index contributed by atoms with van der Waals surface area (Å²) in [6.45, 7) is 6.76. The highest BCUT2D eigenvalue weighted by Crippen LogP contribution is 2.08. The number of hydrogen-bond acceptors (Lipinski definition) is 3. The molecule has 88 valence electrons. The summed E-state index contributed by atoms with van der Waals surface area (Å²) in [6, 6.07) is 0. The number of hydrogen-bond donors (Lipinski definition) is 2. The Hall–Kier alpha value is -1.10. The van der Waals surface area contributed by atoms with E-state index in [2.05, 4.69) is 5.48 Å². The molecule has 0 aliphatic carbocycles. The van der Waals surface area contributed by atoms with Crippen molar-refractivity contribution in [2.24, 2.45) is 5.92 Å². The van der Waals surface area contributed by atoms with Crippen LogP contribution in [0, 0.1) is 5.92 Å². The van der Waals surface area contributed by atoms with Crippen molar-refractivity contribution in [2.45, 2.75) is 46.1 Å². The lowest BCUT2D eigenvalue weighted by atomic mass is 10.1. The number of carboxylic acids is 1. The highest BCUT2D eigenvalue weighted by atomic mass is 16.7. The van der Waals surface area contributed by atoms with Crippen LogP contribution >= 0.6 is 0 Å². The lowest BCUT2D eigenvalue weighted by Crippen LogP contribution is -2.41. The molecule has 0 fully saturated rings. The molecule has 0 aromatic carbocycles. The Morgan fingerprint density at radius 3 is 2.33 bits per heavy atom. The van der Waals surface area contributed by atoms with Gasteiger partial charge in [0.1, 0.15) is 0 Å². The van der Waals surface area contributed by atoms with Gasteiger partial charge in [-0.3, -0.25) is 9.63 Å². The fourth-order valence-electron chi connectivity index (χ4n) is 0.699. The molecule has 5 heteroatoms. The van der Waals surface area contributed by atoms with Crippen molar-refractivity contribution in [3.63, 3.8) is 0 Å². The summed E-state index contributed by atoms with van der Waals surface area (Å²) < 4.78 is 0. The highest BCUT2D eigenvalue weighted by Gasteiger charge is 2.29. The van der Waals surface area contributed by atoms with Crippen molar-refractivity contribution in [1.82, 2.24) is 5.48 Å². The Labute approximate surface area is 89.8 Å². The van der Waals surface area contributed by atoms with Gasteiger partial charge in [-0.15, -0.1) is 0 Å². The third kappa shape index (κ3) is 6.06. The lowest BCUT2D eigenvalue weighted by molar-refractivity contribution is -0.175. The van der Waals surface area contributed by atoms with E-state index < -0.39 is 11.6 Å². The first-order valence-electron chi connectivity index (χ1n) is 4.96. The van der Waals surface area contributed by atoms with Crippen LogP contribution in [0.1, 0.15) is 40.5 Å². The number of rotatable bonds is 6. The average Bonchev–Trinajstić information content (AvgIpc) is 2.11. The number of carboxylic acid groups (broad SMARTS) is 1. The first-order valence-corrected chi connectivity index (χ1v) is 4.96. The normalized spacial score (nSPS) is 11.5. The smallest absolute Gasteiger partial charge is 0.338 e. The quantitative estimate of drug-likeness (QED) is 0.658. The van der Waals surface area contributed by atoms with Gasteiger partial charge in [-0.05, 0) is 26.2 Å². The molecule has 0 aliphatic heterocycles. The van der Waals surface area contributed by atoms with Crippen molar-refractivity contribution < 1.29 is 19.5 Å². The Kier molecular flexibility index (Phi) is 5.28. The number of amides is 1. The molecule has 0 aliphatic rings. The maximum Gasteiger partial charge on any atom is 0.338 e. The van der Waals surface area contributed by atoms with Gasteiger partial charge in [-0.25, -0.2) is 10.3 Å². The van der Waals surface area contributed by atoms with Gasteiger partial charge in [-0.1, -0.05) is 13.8 Å². The Morgan fingerprint density at radius 1 is 1.40 bits per heavy atom. The fraction of sp³-hybridized carbons (Fsp3) is 0.800. The van der Waals surface area contributed by atoms with Gasteiger partial charge in [0.05, 0.1) is 0 Å². The van der Waals surface area contributed by atoms with Crippen molar-refractivity contribution >= 4 is 11.9 Å². The largest absolute Gasteiger partial charge is 0.479 e. The molecule has 1 amide bonds. The minimum Gasteiger partial charge on any atom is -0.479 e. The summed E-state index contributed by atoms with van der Waals surface area (Å²) >= 11 is 0. The van der Waals surface area contributed by atoms with E-state index in [-0.39, 0.29) is 5.91 Å². The van der Waals surface area contributed by atoms with Crippen molar-refractivity contribution in [2.75, 3.05) is 0 Å². The standard InChI is InChI=1S/C10H19NO4/c1-7(2)5-6-8(12)11-15-10(3,4)9(13)14/h7H,5-6H2,1-4H3,(H,11,12)(H,13,14). The third-order valence-electron chi connectivity index (χ3n) is 1.88. The molecule has 0 aromatic rings. The molecule has 0 heterocycles. The van der Waals surface area contributed by atoms with E-state index in [9.17, 15) is 9.59 Å². The van der Waals surface area contributed by atoms with E-state index >= 15 is 0 Å². The van der Waals surface area contributed by atoms with Crippen LogP contribution in [0.2, 0.25) is 0 Å². The third-order valence-corrected chi connectivity index (χ3v) is 1.88. The zero-order valence-electron chi connectivity index (χ0n) is 9.66. The molecule has 0 rings (SSSR count). The molecule has 0 aromatic heterocycles. The van der Waals surface area contributed by atoms with Crippen LogP contribution in [0.25, 0.3) is 0 Å². The zero-order valence-corrected chi connectivity index (χ0v) is 9.66.